The van der Waals surface area contributed by atoms with E-state index < -0.39 is 0 Å². The molecule has 1 saturated carbocycles. The van der Waals surface area contributed by atoms with Gasteiger partial charge in [-0.2, -0.15) is 0 Å². The molecule has 1 aliphatic rings. The first-order valence-corrected chi connectivity index (χ1v) is 9.40. The van der Waals surface area contributed by atoms with Crippen molar-refractivity contribution >= 4 is 17.7 Å². The topological polar surface area (TPSA) is 69.0 Å². The minimum Gasteiger partial charge on any atom is -0.493 e. The molecule has 0 aliphatic heterocycles. The second kappa shape index (κ2) is 8.20. The predicted molar refractivity (Wildman–Crippen MR) is 98.7 cm³/mol. The van der Waals surface area contributed by atoms with Gasteiger partial charge < -0.3 is 10.1 Å². The number of thioether (sulfide) groups is 1. The van der Waals surface area contributed by atoms with Gasteiger partial charge in [0.05, 0.1) is 17.9 Å². The number of carbonyl (C=O) groups excluding carboxylic acids is 1. The van der Waals surface area contributed by atoms with Crippen LogP contribution in [0, 0.1) is 0 Å². The van der Waals surface area contributed by atoms with Crippen molar-refractivity contribution in [3.63, 3.8) is 0 Å². The number of nitrogens with one attached hydrogen (secondary N) is 1. The maximum absolute atomic E-state index is 11.9. The molecule has 1 N–H and O–H groups in total. The molecule has 7 heteroatoms. The Bertz CT molecular complexity index is 755. The first-order chi connectivity index (χ1) is 12.2. The predicted octanol–water partition coefficient (Wildman–Crippen LogP) is 2.90. The van der Waals surface area contributed by atoms with Crippen molar-refractivity contribution in [1.82, 2.24) is 20.1 Å². The molecule has 1 fully saturated rings. The van der Waals surface area contributed by atoms with E-state index in [1.807, 2.05) is 35.8 Å². The fraction of sp³-hybridized carbons (Fsp3) is 0.389. The van der Waals surface area contributed by atoms with Crippen LogP contribution in [0.5, 0.6) is 5.75 Å². The molecule has 1 aliphatic carbocycles. The molecule has 0 radical (unpaired) electrons. The van der Waals surface area contributed by atoms with Gasteiger partial charge in [0.1, 0.15) is 5.75 Å². The highest BCUT2D eigenvalue weighted by molar-refractivity contribution is 7.99. The van der Waals surface area contributed by atoms with Gasteiger partial charge in [-0.05, 0) is 31.9 Å². The van der Waals surface area contributed by atoms with E-state index in [9.17, 15) is 4.79 Å². The normalized spacial score (nSPS) is 13.5. The van der Waals surface area contributed by atoms with E-state index in [4.69, 9.17) is 4.74 Å². The number of ether oxygens (including phenoxy) is 1. The van der Waals surface area contributed by atoms with Gasteiger partial charge in [-0.3, -0.25) is 9.36 Å². The summed E-state index contributed by atoms with van der Waals surface area (Å²) in [6.07, 6.45) is 3.97. The van der Waals surface area contributed by atoms with Crippen molar-refractivity contribution in [3.05, 3.63) is 36.9 Å². The zero-order chi connectivity index (χ0) is 17.6. The Morgan fingerprint density at radius 3 is 2.96 bits per heavy atom. The number of amides is 1. The molecular formula is C18H22N4O2S. The average Bonchev–Trinajstić information content (AvgIpc) is 3.33. The summed E-state index contributed by atoms with van der Waals surface area (Å²) in [4.78, 5) is 11.9. The van der Waals surface area contributed by atoms with Gasteiger partial charge in [-0.15, -0.1) is 16.8 Å². The van der Waals surface area contributed by atoms with Crippen LogP contribution >= 0.6 is 11.8 Å². The van der Waals surface area contributed by atoms with E-state index in [0.717, 1.165) is 24.2 Å². The average molecular weight is 358 g/mol. The molecule has 1 aromatic carbocycles. The largest absolute Gasteiger partial charge is 0.493 e. The summed E-state index contributed by atoms with van der Waals surface area (Å²) in [5, 5.41) is 12.3. The monoisotopic (exact) mass is 358 g/mol. The molecule has 132 valence electrons. The van der Waals surface area contributed by atoms with Crippen molar-refractivity contribution < 1.29 is 9.53 Å². The van der Waals surface area contributed by atoms with Crippen LogP contribution < -0.4 is 10.1 Å². The Balaban J connectivity index is 1.81. The molecule has 1 heterocycles. The van der Waals surface area contributed by atoms with Gasteiger partial charge in [-0.25, -0.2) is 0 Å². The number of para-hydroxylation sites is 1. The van der Waals surface area contributed by atoms with Gasteiger partial charge in [-0.1, -0.05) is 30.0 Å². The van der Waals surface area contributed by atoms with Crippen molar-refractivity contribution in [3.8, 4) is 17.1 Å². The number of hydrogen-bond acceptors (Lipinski definition) is 5. The standard InChI is InChI=1S/C18H22N4O2S/c1-3-11-22-17(14-7-5-6-8-15(14)24-4-2)20-21-18(22)25-12-16(23)19-13-9-10-13/h3,5-8,13H,1,4,9-12H2,2H3,(H,19,23). The van der Waals surface area contributed by atoms with Crippen LogP contribution in [0.25, 0.3) is 11.4 Å². The number of aromatic nitrogens is 3. The Morgan fingerprint density at radius 1 is 1.44 bits per heavy atom. The van der Waals surface area contributed by atoms with Gasteiger partial charge in [0.2, 0.25) is 5.91 Å². The minimum absolute atomic E-state index is 0.0388. The molecule has 25 heavy (non-hydrogen) atoms. The third-order valence-electron chi connectivity index (χ3n) is 3.73. The lowest BCUT2D eigenvalue weighted by atomic mass is 10.2. The van der Waals surface area contributed by atoms with Crippen LogP contribution in [0.2, 0.25) is 0 Å². The maximum atomic E-state index is 11.9. The number of rotatable bonds is 9. The SMILES string of the molecule is C=CCn1c(SCC(=O)NC2CC2)nnc1-c1ccccc1OCC. The fourth-order valence-electron chi connectivity index (χ4n) is 2.45. The summed E-state index contributed by atoms with van der Waals surface area (Å²) in [7, 11) is 0. The molecule has 3 rings (SSSR count). The van der Waals surface area contributed by atoms with E-state index in [1.165, 1.54) is 11.8 Å². The number of benzene rings is 1. The maximum Gasteiger partial charge on any atom is 0.230 e. The summed E-state index contributed by atoms with van der Waals surface area (Å²) >= 11 is 1.39. The zero-order valence-electron chi connectivity index (χ0n) is 14.3. The molecule has 0 saturated heterocycles. The Morgan fingerprint density at radius 2 is 2.24 bits per heavy atom. The Kier molecular flexibility index (Phi) is 5.75. The van der Waals surface area contributed by atoms with Gasteiger partial charge in [0, 0.05) is 12.6 Å². The van der Waals surface area contributed by atoms with Gasteiger partial charge >= 0.3 is 0 Å². The number of carbonyl (C=O) groups is 1. The van der Waals surface area contributed by atoms with Crippen LogP contribution in [-0.2, 0) is 11.3 Å². The lowest BCUT2D eigenvalue weighted by molar-refractivity contribution is -0.118. The molecular weight excluding hydrogens is 336 g/mol. The molecule has 0 atom stereocenters. The number of nitrogens with zero attached hydrogens (tertiary/aromatic N) is 3. The Labute approximate surface area is 151 Å². The van der Waals surface area contributed by atoms with E-state index >= 15 is 0 Å². The minimum atomic E-state index is 0.0388. The molecule has 0 unspecified atom stereocenters. The van der Waals surface area contributed by atoms with Crippen molar-refractivity contribution in [1.29, 1.82) is 0 Å². The lowest BCUT2D eigenvalue weighted by Crippen LogP contribution is -2.27. The highest BCUT2D eigenvalue weighted by Crippen LogP contribution is 2.31. The van der Waals surface area contributed by atoms with Crippen LogP contribution in [0.1, 0.15) is 19.8 Å². The van der Waals surface area contributed by atoms with Gasteiger partial charge in [0.15, 0.2) is 11.0 Å². The molecule has 1 amide bonds. The van der Waals surface area contributed by atoms with Gasteiger partial charge in [0.25, 0.3) is 0 Å². The molecule has 0 bridgehead atoms. The second-order valence-corrected chi connectivity index (χ2v) is 6.71. The van der Waals surface area contributed by atoms with E-state index in [2.05, 4.69) is 22.1 Å². The Hall–Kier alpha value is -2.28. The van der Waals surface area contributed by atoms with Crippen molar-refractivity contribution in [2.45, 2.75) is 37.5 Å². The summed E-state index contributed by atoms with van der Waals surface area (Å²) in [5.74, 6) is 1.86. The summed E-state index contributed by atoms with van der Waals surface area (Å²) < 4.78 is 7.66. The highest BCUT2D eigenvalue weighted by Gasteiger charge is 2.24. The smallest absolute Gasteiger partial charge is 0.230 e. The number of allylic oxidation sites excluding steroid dienone is 1. The van der Waals surface area contributed by atoms with E-state index in [1.54, 1.807) is 6.08 Å². The summed E-state index contributed by atoms with van der Waals surface area (Å²) in [6.45, 7) is 6.91. The summed E-state index contributed by atoms with van der Waals surface area (Å²) in [6, 6.07) is 8.12. The second-order valence-electron chi connectivity index (χ2n) is 5.77. The number of hydrogen-bond donors (Lipinski definition) is 1. The summed E-state index contributed by atoms with van der Waals surface area (Å²) in [5.41, 5.74) is 0.882. The lowest BCUT2D eigenvalue weighted by Gasteiger charge is -2.11. The van der Waals surface area contributed by atoms with Crippen LogP contribution in [0.3, 0.4) is 0 Å². The zero-order valence-corrected chi connectivity index (χ0v) is 15.1. The molecule has 1 aromatic heterocycles. The van der Waals surface area contributed by atoms with Crippen LogP contribution in [0.4, 0.5) is 0 Å². The van der Waals surface area contributed by atoms with Crippen molar-refractivity contribution in [2.24, 2.45) is 0 Å². The molecule has 6 nitrogen and oxygen atoms in total. The molecule has 0 spiro atoms. The van der Waals surface area contributed by atoms with Crippen LogP contribution in [-0.4, -0.2) is 39.1 Å². The highest BCUT2D eigenvalue weighted by atomic mass is 32.2. The van der Waals surface area contributed by atoms with Crippen LogP contribution in [0.15, 0.2) is 42.1 Å². The van der Waals surface area contributed by atoms with Crippen molar-refractivity contribution in [2.75, 3.05) is 12.4 Å². The third kappa shape index (κ3) is 4.42. The first-order valence-electron chi connectivity index (χ1n) is 8.41. The fourth-order valence-corrected chi connectivity index (χ4v) is 3.21. The quantitative estimate of drug-likeness (QED) is 0.551. The van der Waals surface area contributed by atoms with E-state index in [0.29, 0.717) is 35.9 Å². The third-order valence-corrected chi connectivity index (χ3v) is 4.70. The van der Waals surface area contributed by atoms with E-state index in [-0.39, 0.29) is 5.91 Å². The first kappa shape index (κ1) is 17.5. The molecule has 2 aromatic rings.